The van der Waals surface area contributed by atoms with Gasteiger partial charge < -0.3 is 9.88 Å². The Labute approximate surface area is 96.1 Å². The zero-order valence-electron chi connectivity index (χ0n) is 9.99. The molecule has 1 aromatic heterocycles. The van der Waals surface area contributed by atoms with Crippen LogP contribution in [-0.2, 0) is 13.6 Å². The molecule has 0 aliphatic heterocycles. The fourth-order valence-electron chi connectivity index (χ4n) is 1.70. The van der Waals surface area contributed by atoms with Crippen LogP contribution in [0.4, 0.5) is 0 Å². The minimum absolute atomic E-state index is 0.904. The van der Waals surface area contributed by atoms with Crippen LogP contribution in [0, 0.1) is 6.92 Å². The third-order valence-electron chi connectivity index (χ3n) is 2.74. The molecule has 0 atom stereocenters. The van der Waals surface area contributed by atoms with E-state index in [4.69, 9.17) is 0 Å². The number of aromatic nitrogens is 2. The van der Waals surface area contributed by atoms with E-state index in [1.54, 1.807) is 0 Å². The summed E-state index contributed by atoms with van der Waals surface area (Å²) in [6.07, 6.45) is 2.06. The van der Waals surface area contributed by atoms with E-state index >= 15 is 0 Å². The Morgan fingerprint density at radius 2 is 1.94 bits per heavy atom. The van der Waals surface area contributed by atoms with Crippen LogP contribution in [0.15, 0.2) is 30.5 Å². The molecule has 0 bridgehead atoms. The number of imidazole rings is 1. The molecule has 0 saturated heterocycles. The van der Waals surface area contributed by atoms with Gasteiger partial charge in [0.15, 0.2) is 0 Å². The van der Waals surface area contributed by atoms with E-state index in [0.717, 1.165) is 18.1 Å². The van der Waals surface area contributed by atoms with Crippen LogP contribution in [-0.4, -0.2) is 16.6 Å². The van der Waals surface area contributed by atoms with Crippen LogP contribution in [0.25, 0.3) is 11.3 Å². The summed E-state index contributed by atoms with van der Waals surface area (Å²) in [6.45, 7) is 2.92. The molecule has 0 aliphatic rings. The van der Waals surface area contributed by atoms with E-state index in [2.05, 4.69) is 40.8 Å². The predicted molar refractivity (Wildman–Crippen MR) is 66.1 cm³/mol. The summed E-state index contributed by atoms with van der Waals surface area (Å²) in [5.74, 6) is 1.04. The Kier molecular flexibility index (Phi) is 3.06. The fraction of sp³-hybridized carbons (Fsp3) is 0.308. The molecule has 0 saturated carbocycles. The highest BCUT2D eigenvalue weighted by atomic mass is 15.0. The molecule has 0 amide bonds. The van der Waals surface area contributed by atoms with Gasteiger partial charge in [-0.25, -0.2) is 4.98 Å². The molecule has 3 heteroatoms. The maximum atomic E-state index is 4.50. The Balaban J connectivity index is 2.27. The Hall–Kier alpha value is -1.61. The predicted octanol–water partition coefficient (Wildman–Crippen LogP) is 2.11. The summed E-state index contributed by atoms with van der Waals surface area (Å²) in [5, 5.41) is 3.14. The van der Waals surface area contributed by atoms with Gasteiger partial charge in [-0.05, 0) is 19.5 Å². The van der Waals surface area contributed by atoms with Crippen molar-refractivity contribution >= 4 is 0 Å². The molecular weight excluding hydrogens is 198 g/mol. The summed E-state index contributed by atoms with van der Waals surface area (Å²) in [7, 11) is 3.97. The van der Waals surface area contributed by atoms with Crippen molar-refractivity contribution in [3.05, 3.63) is 41.9 Å². The van der Waals surface area contributed by atoms with Gasteiger partial charge in [0.25, 0.3) is 0 Å². The van der Waals surface area contributed by atoms with E-state index in [1.807, 2.05) is 25.6 Å². The van der Waals surface area contributed by atoms with E-state index in [1.165, 1.54) is 11.1 Å². The topological polar surface area (TPSA) is 29.9 Å². The number of hydrogen-bond donors (Lipinski definition) is 1. The average molecular weight is 215 g/mol. The molecule has 16 heavy (non-hydrogen) atoms. The lowest BCUT2D eigenvalue weighted by Gasteiger charge is -2.01. The quantitative estimate of drug-likeness (QED) is 0.850. The van der Waals surface area contributed by atoms with Crippen LogP contribution in [0.1, 0.15) is 11.4 Å². The molecule has 0 aliphatic carbocycles. The van der Waals surface area contributed by atoms with E-state index < -0.39 is 0 Å². The van der Waals surface area contributed by atoms with Crippen LogP contribution in [0.5, 0.6) is 0 Å². The van der Waals surface area contributed by atoms with Gasteiger partial charge in [0.05, 0.1) is 5.69 Å². The second-order valence-electron chi connectivity index (χ2n) is 4.01. The molecule has 0 fully saturated rings. The Morgan fingerprint density at radius 3 is 2.44 bits per heavy atom. The maximum absolute atomic E-state index is 4.50. The smallest absolute Gasteiger partial charge is 0.105 e. The highest BCUT2D eigenvalue weighted by Gasteiger charge is 2.03. The van der Waals surface area contributed by atoms with Gasteiger partial charge in [-0.2, -0.15) is 0 Å². The molecule has 2 aromatic rings. The van der Waals surface area contributed by atoms with Gasteiger partial charge in [-0.15, -0.1) is 0 Å². The zero-order valence-corrected chi connectivity index (χ0v) is 9.99. The fourth-order valence-corrected chi connectivity index (χ4v) is 1.70. The van der Waals surface area contributed by atoms with Crippen molar-refractivity contribution < 1.29 is 0 Å². The minimum atomic E-state index is 0.904. The first-order valence-corrected chi connectivity index (χ1v) is 5.44. The van der Waals surface area contributed by atoms with Gasteiger partial charge >= 0.3 is 0 Å². The van der Waals surface area contributed by atoms with Crippen molar-refractivity contribution in [2.24, 2.45) is 7.05 Å². The van der Waals surface area contributed by atoms with Crippen LogP contribution in [0.2, 0.25) is 0 Å². The number of benzene rings is 1. The molecule has 1 N–H and O–H groups in total. The van der Waals surface area contributed by atoms with Gasteiger partial charge in [-0.1, -0.05) is 24.3 Å². The number of rotatable bonds is 3. The van der Waals surface area contributed by atoms with Gasteiger partial charge in [0, 0.05) is 25.4 Å². The first-order chi connectivity index (χ1) is 7.70. The van der Waals surface area contributed by atoms with Crippen LogP contribution in [0.3, 0.4) is 0 Å². The van der Waals surface area contributed by atoms with Gasteiger partial charge in [0.2, 0.25) is 0 Å². The summed E-state index contributed by atoms with van der Waals surface area (Å²) in [6, 6.07) is 8.51. The van der Waals surface area contributed by atoms with E-state index in [-0.39, 0.29) is 0 Å². The SMILES string of the molecule is CNCc1ccc(-c2cn(C)c(C)n2)cc1. The first-order valence-electron chi connectivity index (χ1n) is 5.44. The maximum Gasteiger partial charge on any atom is 0.105 e. The normalized spacial score (nSPS) is 10.7. The summed E-state index contributed by atoms with van der Waals surface area (Å²) < 4.78 is 2.04. The highest BCUT2D eigenvalue weighted by molar-refractivity contribution is 5.59. The third kappa shape index (κ3) is 2.14. The zero-order chi connectivity index (χ0) is 11.5. The molecule has 1 heterocycles. The number of nitrogens with zero attached hydrogens (tertiary/aromatic N) is 2. The molecule has 0 unspecified atom stereocenters. The molecule has 2 rings (SSSR count). The molecule has 1 aromatic carbocycles. The third-order valence-corrected chi connectivity index (χ3v) is 2.74. The van der Waals surface area contributed by atoms with Crippen molar-refractivity contribution in [3.8, 4) is 11.3 Å². The average Bonchev–Trinajstić information content (AvgIpc) is 2.61. The first kappa shape index (κ1) is 10.9. The highest BCUT2D eigenvalue weighted by Crippen LogP contribution is 2.18. The Morgan fingerprint density at radius 1 is 1.25 bits per heavy atom. The monoisotopic (exact) mass is 215 g/mol. The van der Waals surface area contributed by atoms with Crippen molar-refractivity contribution in [3.63, 3.8) is 0 Å². The lowest BCUT2D eigenvalue weighted by atomic mass is 10.1. The van der Waals surface area contributed by atoms with Crippen LogP contribution < -0.4 is 5.32 Å². The Bertz CT molecular complexity index is 449. The van der Waals surface area contributed by atoms with E-state index in [9.17, 15) is 0 Å². The lowest BCUT2D eigenvalue weighted by molar-refractivity contribution is 0.818. The van der Waals surface area contributed by atoms with Crippen molar-refractivity contribution in [1.29, 1.82) is 0 Å². The number of hydrogen-bond acceptors (Lipinski definition) is 2. The minimum Gasteiger partial charge on any atom is -0.338 e. The number of nitrogens with one attached hydrogen (secondary N) is 1. The second-order valence-corrected chi connectivity index (χ2v) is 4.01. The van der Waals surface area contributed by atoms with E-state index in [0.29, 0.717) is 0 Å². The summed E-state index contributed by atoms with van der Waals surface area (Å²) >= 11 is 0. The summed E-state index contributed by atoms with van der Waals surface area (Å²) in [4.78, 5) is 4.50. The standard InChI is InChI=1S/C13H17N3/c1-10-15-13(9-16(10)3)12-6-4-11(5-7-12)8-14-2/h4-7,9,14H,8H2,1-3H3. The van der Waals surface area contributed by atoms with Crippen molar-refractivity contribution in [2.45, 2.75) is 13.5 Å². The van der Waals surface area contributed by atoms with Crippen molar-refractivity contribution in [2.75, 3.05) is 7.05 Å². The van der Waals surface area contributed by atoms with Gasteiger partial charge in [0.1, 0.15) is 5.82 Å². The second kappa shape index (κ2) is 4.49. The molecule has 0 radical (unpaired) electrons. The summed E-state index contributed by atoms with van der Waals surface area (Å²) in [5.41, 5.74) is 3.50. The largest absolute Gasteiger partial charge is 0.338 e. The molecule has 3 nitrogen and oxygen atoms in total. The lowest BCUT2D eigenvalue weighted by Crippen LogP contribution is -2.04. The van der Waals surface area contributed by atoms with Crippen molar-refractivity contribution in [1.82, 2.24) is 14.9 Å². The van der Waals surface area contributed by atoms with Crippen LogP contribution >= 0.6 is 0 Å². The molecule has 0 spiro atoms. The molecular formula is C13H17N3. The molecule has 84 valence electrons. The van der Waals surface area contributed by atoms with Gasteiger partial charge in [-0.3, -0.25) is 0 Å². The number of aryl methyl sites for hydroxylation is 2.